The zero-order valence-electron chi connectivity index (χ0n) is 11.2. The number of nitrogens with one attached hydrogen (secondary N) is 2. The summed E-state index contributed by atoms with van der Waals surface area (Å²) in [5.41, 5.74) is 2.05. The number of aromatic nitrogens is 1. The molecule has 0 saturated heterocycles. The number of aliphatic hydroxyl groups is 1. The highest BCUT2D eigenvalue weighted by Crippen LogP contribution is 2.10. The Kier molecular flexibility index (Phi) is 4.73. The summed E-state index contributed by atoms with van der Waals surface area (Å²) in [5.74, 6) is 0.285. The lowest BCUT2D eigenvalue weighted by Crippen LogP contribution is -2.28. The van der Waals surface area contributed by atoms with Crippen molar-refractivity contribution in [1.29, 1.82) is 0 Å². The molecule has 0 saturated carbocycles. The van der Waals surface area contributed by atoms with E-state index in [9.17, 15) is 4.79 Å². The Balaban J connectivity index is 1.76. The molecule has 2 heterocycles. The second-order valence-corrected chi connectivity index (χ2v) is 4.30. The van der Waals surface area contributed by atoms with Crippen LogP contribution in [0.3, 0.4) is 0 Å². The third-order valence-corrected chi connectivity index (χ3v) is 2.79. The first-order valence-corrected chi connectivity index (χ1v) is 6.33. The summed E-state index contributed by atoms with van der Waals surface area (Å²) in [7, 11) is 0. The second kappa shape index (κ2) is 6.72. The molecule has 2 aromatic rings. The van der Waals surface area contributed by atoms with Crippen LogP contribution in [0.25, 0.3) is 0 Å². The zero-order chi connectivity index (χ0) is 14.4. The number of aryl methyl sites for hydroxylation is 1. The maximum Gasteiger partial charge on any atom is 0.287 e. The number of aliphatic hydroxyl groups excluding tert-OH is 1. The molecule has 3 N–H and O–H groups in total. The fourth-order valence-corrected chi connectivity index (χ4v) is 1.72. The first-order valence-electron chi connectivity index (χ1n) is 6.33. The highest BCUT2D eigenvalue weighted by Gasteiger charge is 2.09. The molecule has 106 valence electrons. The molecular weight excluding hydrogens is 258 g/mol. The third kappa shape index (κ3) is 3.58. The first kappa shape index (κ1) is 14.1. The van der Waals surface area contributed by atoms with Crippen molar-refractivity contribution in [2.45, 2.75) is 13.5 Å². The van der Waals surface area contributed by atoms with E-state index in [0.29, 0.717) is 18.8 Å². The van der Waals surface area contributed by atoms with Gasteiger partial charge in [0, 0.05) is 31.2 Å². The van der Waals surface area contributed by atoms with Crippen molar-refractivity contribution < 1.29 is 14.3 Å². The normalized spacial score (nSPS) is 10.3. The van der Waals surface area contributed by atoms with Crippen LogP contribution in [0, 0.1) is 6.92 Å². The Hall–Kier alpha value is -2.34. The van der Waals surface area contributed by atoms with Gasteiger partial charge in [-0.25, -0.2) is 0 Å². The molecule has 0 fully saturated rings. The van der Waals surface area contributed by atoms with E-state index in [1.807, 2.05) is 13.0 Å². The number of hydrogen-bond donors (Lipinski definition) is 3. The molecule has 0 aliphatic heterocycles. The predicted octanol–water partition coefficient (Wildman–Crippen LogP) is 1.32. The quantitative estimate of drug-likeness (QED) is 0.692. The van der Waals surface area contributed by atoms with Crippen LogP contribution >= 0.6 is 0 Å². The fourth-order valence-electron chi connectivity index (χ4n) is 1.72. The van der Waals surface area contributed by atoms with Gasteiger partial charge >= 0.3 is 0 Å². The molecule has 2 aromatic heterocycles. The molecule has 1 amide bonds. The summed E-state index contributed by atoms with van der Waals surface area (Å²) >= 11 is 0. The van der Waals surface area contributed by atoms with Gasteiger partial charge in [0.25, 0.3) is 5.91 Å². The van der Waals surface area contributed by atoms with Crippen molar-refractivity contribution in [2.75, 3.05) is 18.4 Å². The second-order valence-electron chi connectivity index (χ2n) is 4.30. The van der Waals surface area contributed by atoms with Crippen molar-refractivity contribution >= 4 is 11.6 Å². The number of anilines is 1. The van der Waals surface area contributed by atoms with Gasteiger partial charge in [0.05, 0.1) is 0 Å². The molecule has 0 radical (unpaired) electrons. The van der Waals surface area contributed by atoms with Gasteiger partial charge in [-0.1, -0.05) is 0 Å². The SMILES string of the molecule is Cc1cnccc1NCCNC(=O)c1ccc(CO)o1. The highest BCUT2D eigenvalue weighted by molar-refractivity contribution is 5.91. The van der Waals surface area contributed by atoms with E-state index in [4.69, 9.17) is 9.52 Å². The van der Waals surface area contributed by atoms with Crippen LogP contribution < -0.4 is 10.6 Å². The van der Waals surface area contributed by atoms with E-state index < -0.39 is 0 Å². The molecule has 0 atom stereocenters. The summed E-state index contributed by atoms with van der Waals surface area (Å²) in [6.45, 7) is 2.82. The van der Waals surface area contributed by atoms with Gasteiger partial charge in [-0.3, -0.25) is 9.78 Å². The molecule has 0 unspecified atom stereocenters. The average molecular weight is 275 g/mol. The molecule has 2 rings (SSSR count). The van der Waals surface area contributed by atoms with Crippen LogP contribution in [0.1, 0.15) is 21.9 Å². The minimum Gasteiger partial charge on any atom is -0.453 e. The first-order chi connectivity index (χ1) is 9.70. The monoisotopic (exact) mass is 275 g/mol. The number of hydrogen-bond acceptors (Lipinski definition) is 5. The average Bonchev–Trinajstić information content (AvgIpc) is 2.94. The van der Waals surface area contributed by atoms with Crippen LogP contribution in [0.15, 0.2) is 35.0 Å². The van der Waals surface area contributed by atoms with E-state index in [1.165, 1.54) is 0 Å². The summed E-state index contributed by atoms with van der Waals surface area (Å²) in [6.07, 6.45) is 3.49. The minimum absolute atomic E-state index is 0.203. The van der Waals surface area contributed by atoms with Gasteiger partial charge in [0.1, 0.15) is 12.4 Å². The van der Waals surface area contributed by atoms with Gasteiger partial charge < -0.3 is 20.2 Å². The van der Waals surface area contributed by atoms with Crippen molar-refractivity contribution in [3.8, 4) is 0 Å². The smallest absolute Gasteiger partial charge is 0.287 e. The molecule has 0 aromatic carbocycles. The molecule has 6 nitrogen and oxygen atoms in total. The third-order valence-electron chi connectivity index (χ3n) is 2.79. The van der Waals surface area contributed by atoms with E-state index in [2.05, 4.69) is 15.6 Å². The van der Waals surface area contributed by atoms with Crippen molar-refractivity contribution in [3.05, 3.63) is 47.7 Å². The van der Waals surface area contributed by atoms with Gasteiger partial charge in [0.15, 0.2) is 5.76 Å². The molecule has 0 aliphatic rings. The Morgan fingerprint density at radius 1 is 1.35 bits per heavy atom. The fraction of sp³-hybridized carbons (Fsp3) is 0.286. The van der Waals surface area contributed by atoms with Crippen LogP contribution in [0.5, 0.6) is 0 Å². The van der Waals surface area contributed by atoms with Crippen molar-refractivity contribution in [2.24, 2.45) is 0 Å². The lowest BCUT2D eigenvalue weighted by molar-refractivity contribution is 0.0923. The highest BCUT2D eigenvalue weighted by atomic mass is 16.4. The standard InChI is InChI=1S/C14H17N3O3/c1-10-8-15-5-4-12(10)16-6-7-17-14(19)13-3-2-11(9-18)20-13/h2-5,8,18H,6-7,9H2,1H3,(H,15,16)(H,17,19). The molecule has 0 bridgehead atoms. The summed E-state index contributed by atoms with van der Waals surface area (Å²) in [6, 6.07) is 5.01. The zero-order valence-corrected chi connectivity index (χ0v) is 11.2. The number of carbonyl (C=O) groups excluding carboxylic acids is 1. The van der Waals surface area contributed by atoms with Crippen LogP contribution in [-0.2, 0) is 6.61 Å². The Labute approximate surface area is 116 Å². The molecule has 0 aliphatic carbocycles. The van der Waals surface area contributed by atoms with Crippen molar-refractivity contribution in [1.82, 2.24) is 10.3 Å². The number of pyridine rings is 1. The van der Waals surface area contributed by atoms with Gasteiger partial charge in [-0.05, 0) is 30.7 Å². The summed E-state index contributed by atoms with van der Waals surface area (Å²) in [5, 5.41) is 14.8. The van der Waals surface area contributed by atoms with Gasteiger partial charge in [0.2, 0.25) is 0 Å². The van der Waals surface area contributed by atoms with E-state index in [1.54, 1.807) is 24.5 Å². The van der Waals surface area contributed by atoms with E-state index >= 15 is 0 Å². The number of furan rings is 1. The number of carbonyl (C=O) groups is 1. The lowest BCUT2D eigenvalue weighted by Gasteiger charge is -2.09. The van der Waals surface area contributed by atoms with Gasteiger partial charge in [-0.2, -0.15) is 0 Å². The largest absolute Gasteiger partial charge is 0.453 e. The molecule has 0 spiro atoms. The summed E-state index contributed by atoms with van der Waals surface area (Å²) in [4.78, 5) is 15.7. The Morgan fingerprint density at radius 3 is 2.90 bits per heavy atom. The topological polar surface area (TPSA) is 87.4 Å². The maximum atomic E-state index is 11.7. The molecular formula is C14H17N3O3. The van der Waals surface area contributed by atoms with Crippen LogP contribution in [0.2, 0.25) is 0 Å². The lowest BCUT2D eigenvalue weighted by atomic mass is 10.2. The predicted molar refractivity (Wildman–Crippen MR) is 74.4 cm³/mol. The molecule has 6 heteroatoms. The summed E-state index contributed by atoms with van der Waals surface area (Å²) < 4.78 is 5.14. The Morgan fingerprint density at radius 2 is 2.20 bits per heavy atom. The Bertz CT molecular complexity index is 581. The van der Waals surface area contributed by atoms with Gasteiger partial charge in [-0.15, -0.1) is 0 Å². The maximum absolute atomic E-state index is 11.7. The minimum atomic E-state index is -0.294. The number of rotatable bonds is 6. The van der Waals surface area contributed by atoms with Crippen LogP contribution in [0.4, 0.5) is 5.69 Å². The number of nitrogens with zero attached hydrogens (tertiary/aromatic N) is 1. The van der Waals surface area contributed by atoms with E-state index in [-0.39, 0.29) is 18.3 Å². The van der Waals surface area contributed by atoms with Crippen molar-refractivity contribution in [3.63, 3.8) is 0 Å². The number of amides is 1. The molecule has 20 heavy (non-hydrogen) atoms. The van der Waals surface area contributed by atoms with E-state index in [0.717, 1.165) is 11.3 Å². The van der Waals surface area contributed by atoms with Crippen LogP contribution in [-0.4, -0.2) is 29.1 Å².